The summed E-state index contributed by atoms with van der Waals surface area (Å²) >= 11 is 0. The van der Waals surface area contributed by atoms with Gasteiger partial charge in [-0.25, -0.2) is 0 Å². The lowest BCUT2D eigenvalue weighted by Crippen LogP contribution is -2.24. The van der Waals surface area contributed by atoms with Gasteiger partial charge in [-0.05, 0) is 6.92 Å². The number of hydrogen-bond acceptors (Lipinski definition) is 2. The Bertz CT molecular complexity index is 155. The SMILES string of the molecule is CC#CCNOCC(F)(F)F. The third-order valence-corrected chi connectivity index (χ3v) is 0.675. The highest BCUT2D eigenvalue weighted by Crippen LogP contribution is 2.13. The van der Waals surface area contributed by atoms with Crippen LogP contribution in [-0.4, -0.2) is 19.3 Å². The predicted octanol–water partition coefficient (Wildman–Crippen LogP) is 1.09. The van der Waals surface area contributed by atoms with Crippen LogP contribution in [0.25, 0.3) is 0 Å². The highest BCUT2D eigenvalue weighted by atomic mass is 19.4. The van der Waals surface area contributed by atoms with Gasteiger partial charge in [0.15, 0.2) is 6.61 Å². The first kappa shape index (κ1) is 10.3. The Kier molecular flexibility index (Phi) is 4.66. The summed E-state index contributed by atoms with van der Waals surface area (Å²) in [5, 5.41) is 0. The normalized spacial score (nSPS) is 10.5. The summed E-state index contributed by atoms with van der Waals surface area (Å²) in [6.07, 6.45) is -4.29. The number of nitrogens with one attached hydrogen (secondary N) is 1. The second-order valence-corrected chi connectivity index (χ2v) is 1.65. The van der Waals surface area contributed by atoms with Crippen molar-refractivity contribution >= 4 is 0 Å². The molecule has 0 spiro atoms. The summed E-state index contributed by atoms with van der Waals surface area (Å²) in [5.74, 6) is 4.97. The Balaban J connectivity index is 3.19. The zero-order chi connectivity index (χ0) is 8.74. The molecule has 0 unspecified atom stereocenters. The van der Waals surface area contributed by atoms with Gasteiger partial charge in [-0.15, -0.1) is 5.92 Å². The number of alkyl halides is 3. The lowest BCUT2D eigenvalue weighted by Gasteiger charge is -2.05. The van der Waals surface area contributed by atoms with Crippen LogP contribution in [0.2, 0.25) is 0 Å². The average molecular weight is 167 g/mol. The van der Waals surface area contributed by atoms with E-state index in [0.29, 0.717) is 0 Å². The zero-order valence-electron chi connectivity index (χ0n) is 5.96. The summed E-state index contributed by atoms with van der Waals surface area (Å²) in [7, 11) is 0. The van der Waals surface area contributed by atoms with Gasteiger partial charge in [-0.3, -0.25) is 4.84 Å². The van der Waals surface area contributed by atoms with Gasteiger partial charge >= 0.3 is 6.18 Å². The Morgan fingerprint density at radius 1 is 1.45 bits per heavy atom. The van der Waals surface area contributed by atoms with Gasteiger partial charge in [0.05, 0.1) is 6.54 Å². The molecule has 2 nitrogen and oxygen atoms in total. The van der Waals surface area contributed by atoms with Gasteiger partial charge < -0.3 is 0 Å². The van der Waals surface area contributed by atoms with Crippen LogP contribution in [0.4, 0.5) is 13.2 Å². The van der Waals surface area contributed by atoms with Crippen molar-refractivity contribution in [2.75, 3.05) is 13.2 Å². The van der Waals surface area contributed by atoms with Crippen LogP contribution in [-0.2, 0) is 4.84 Å². The molecule has 0 aliphatic carbocycles. The van der Waals surface area contributed by atoms with Crippen LogP contribution in [0.3, 0.4) is 0 Å². The molecule has 0 aliphatic heterocycles. The fraction of sp³-hybridized carbons (Fsp3) is 0.667. The van der Waals surface area contributed by atoms with Crippen molar-refractivity contribution in [1.82, 2.24) is 5.48 Å². The lowest BCUT2D eigenvalue weighted by atomic mass is 10.6. The molecule has 0 aromatic heterocycles. The first-order valence-electron chi connectivity index (χ1n) is 2.87. The third kappa shape index (κ3) is 9.27. The topological polar surface area (TPSA) is 21.3 Å². The van der Waals surface area contributed by atoms with Crippen LogP contribution >= 0.6 is 0 Å². The molecule has 0 aromatic rings. The molecule has 1 N–H and O–H groups in total. The van der Waals surface area contributed by atoms with Gasteiger partial charge in [0, 0.05) is 0 Å². The van der Waals surface area contributed by atoms with E-state index in [0.717, 1.165) is 0 Å². The molecule has 0 fully saturated rings. The number of rotatable bonds is 3. The monoisotopic (exact) mass is 167 g/mol. The Morgan fingerprint density at radius 3 is 2.55 bits per heavy atom. The van der Waals surface area contributed by atoms with Crippen molar-refractivity contribution in [2.24, 2.45) is 0 Å². The van der Waals surface area contributed by atoms with E-state index in [1.54, 1.807) is 6.92 Å². The third-order valence-electron chi connectivity index (χ3n) is 0.675. The van der Waals surface area contributed by atoms with Crippen molar-refractivity contribution in [3.63, 3.8) is 0 Å². The minimum atomic E-state index is -4.29. The van der Waals surface area contributed by atoms with Crippen LogP contribution < -0.4 is 5.48 Å². The summed E-state index contributed by atoms with van der Waals surface area (Å²) in [5.41, 5.74) is 2.05. The minimum absolute atomic E-state index is 0.104. The standard InChI is InChI=1S/C6H8F3NO/c1-2-3-4-10-11-5-6(7,8)9/h10H,4-5H2,1H3. The van der Waals surface area contributed by atoms with Gasteiger partial charge in [0.2, 0.25) is 0 Å². The first-order chi connectivity index (χ1) is 5.06. The largest absolute Gasteiger partial charge is 0.413 e. The van der Waals surface area contributed by atoms with Crippen molar-refractivity contribution in [1.29, 1.82) is 0 Å². The maximum absolute atomic E-state index is 11.4. The molecule has 0 rings (SSSR count). The summed E-state index contributed by atoms with van der Waals surface area (Å²) in [6.45, 7) is 0.399. The Labute approximate surface area is 62.7 Å². The second kappa shape index (κ2) is 4.99. The summed E-state index contributed by atoms with van der Waals surface area (Å²) in [4.78, 5) is 4.02. The van der Waals surface area contributed by atoms with Crippen LogP contribution in [0, 0.1) is 11.8 Å². The number of hydroxylamine groups is 1. The Hall–Kier alpha value is -0.730. The quantitative estimate of drug-likeness (QED) is 0.386. The molecule has 64 valence electrons. The van der Waals surface area contributed by atoms with Gasteiger partial charge in [0.1, 0.15) is 0 Å². The van der Waals surface area contributed by atoms with Crippen LogP contribution in [0.15, 0.2) is 0 Å². The molecule has 5 heteroatoms. The van der Waals surface area contributed by atoms with E-state index < -0.39 is 12.8 Å². The van der Waals surface area contributed by atoms with E-state index in [1.807, 2.05) is 5.48 Å². The molecular formula is C6H8F3NO. The maximum atomic E-state index is 11.4. The predicted molar refractivity (Wildman–Crippen MR) is 33.5 cm³/mol. The van der Waals surface area contributed by atoms with Crippen LogP contribution in [0.5, 0.6) is 0 Å². The fourth-order valence-electron chi connectivity index (χ4n) is 0.308. The van der Waals surface area contributed by atoms with E-state index in [1.165, 1.54) is 0 Å². The molecule has 0 saturated carbocycles. The first-order valence-corrected chi connectivity index (χ1v) is 2.87. The molecule has 0 bridgehead atoms. The van der Waals surface area contributed by atoms with Gasteiger partial charge in [-0.1, -0.05) is 5.92 Å². The lowest BCUT2D eigenvalue weighted by molar-refractivity contribution is -0.188. The van der Waals surface area contributed by atoms with Crippen molar-refractivity contribution in [3.05, 3.63) is 0 Å². The summed E-state index contributed by atoms with van der Waals surface area (Å²) < 4.78 is 34.1. The molecule has 0 saturated heterocycles. The second-order valence-electron chi connectivity index (χ2n) is 1.65. The van der Waals surface area contributed by atoms with E-state index >= 15 is 0 Å². The number of halogens is 3. The molecular weight excluding hydrogens is 159 g/mol. The Morgan fingerprint density at radius 2 is 2.09 bits per heavy atom. The smallest absolute Gasteiger partial charge is 0.291 e. The van der Waals surface area contributed by atoms with E-state index in [4.69, 9.17) is 0 Å². The van der Waals surface area contributed by atoms with Gasteiger partial charge in [-0.2, -0.15) is 18.7 Å². The maximum Gasteiger partial charge on any atom is 0.413 e. The van der Waals surface area contributed by atoms with Crippen molar-refractivity contribution in [3.8, 4) is 11.8 Å². The molecule has 11 heavy (non-hydrogen) atoms. The molecule has 0 amide bonds. The molecule has 0 aliphatic rings. The zero-order valence-corrected chi connectivity index (χ0v) is 5.96. The minimum Gasteiger partial charge on any atom is -0.291 e. The molecule has 0 radical (unpaired) electrons. The van der Waals surface area contributed by atoms with E-state index in [9.17, 15) is 13.2 Å². The fourth-order valence-corrected chi connectivity index (χ4v) is 0.308. The molecule has 0 atom stereocenters. The highest BCUT2D eigenvalue weighted by molar-refractivity contribution is 4.95. The van der Waals surface area contributed by atoms with Crippen LogP contribution in [0.1, 0.15) is 6.92 Å². The molecule has 0 heterocycles. The highest BCUT2D eigenvalue weighted by Gasteiger charge is 2.27. The average Bonchev–Trinajstić information content (AvgIpc) is 1.85. The van der Waals surface area contributed by atoms with E-state index in [-0.39, 0.29) is 6.54 Å². The van der Waals surface area contributed by atoms with E-state index in [2.05, 4.69) is 16.7 Å². The molecule has 0 aromatic carbocycles. The summed E-state index contributed by atoms with van der Waals surface area (Å²) in [6, 6.07) is 0. The van der Waals surface area contributed by atoms with Crippen molar-refractivity contribution < 1.29 is 18.0 Å². The van der Waals surface area contributed by atoms with Crippen molar-refractivity contribution in [2.45, 2.75) is 13.1 Å². The number of hydrogen-bond donors (Lipinski definition) is 1. The van der Waals surface area contributed by atoms with Gasteiger partial charge in [0.25, 0.3) is 0 Å².